The van der Waals surface area contributed by atoms with Crippen LogP contribution in [-0.4, -0.2) is 18.2 Å². The Bertz CT molecular complexity index is 740. The van der Waals surface area contributed by atoms with Crippen LogP contribution in [0.25, 0.3) is 0 Å². The summed E-state index contributed by atoms with van der Waals surface area (Å²) in [5.74, 6) is 0.373. The molecule has 108 valence electrons. The molecule has 20 heavy (non-hydrogen) atoms. The van der Waals surface area contributed by atoms with Crippen LogP contribution in [0.15, 0.2) is 39.1 Å². The predicted molar refractivity (Wildman–Crippen MR) is 78.9 cm³/mol. The third kappa shape index (κ3) is 3.55. The molecule has 0 radical (unpaired) electrons. The molecule has 0 aliphatic rings. The van der Waals surface area contributed by atoms with Crippen molar-refractivity contribution in [3.05, 3.63) is 40.1 Å². The van der Waals surface area contributed by atoms with E-state index in [9.17, 15) is 8.42 Å². The smallest absolute Gasteiger partial charge is 0.237 e. The first kappa shape index (κ1) is 14.9. The lowest BCUT2D eigenvalue weighted by Crippen LogP contribution is -2.21. The minimum atomic E-state index is -3.68. The van der Waals surface area contributed by atoms with E-state index in [-0.39, 0.29) is 4.90 Å². The van der Waals surface area contributed by atoms with E-state index in [1.165, 1.54) is 11.3 Å². The molecule has 5 nitrogen and oxygen atoms in total. The van der Waals surface area contributed by atoms with Gasteiger partial charge in [0, 0.05) is 6.54 Å². The van der Waals surface area contributed by atoms with E-state index in [4.69, 9.17) is 0 Å². The number of rotatable bonds is 4. The summed E-state index contributed by atoms with van der Waals surface area (Å²) in [6.07, 6.45) is 0. The van der Waals surface area contributed by atoms with Gasteiger partial charge in [-0.3, -0.25) is 0 Å². The van der Waals surface area contributed by atoms with Gasteiger partial charge in [0.05, 0.1) is 4.90 Å². The highest BCUT2D eigenvalue weighted by Crippen LogP contribution is 2.12. The molecule has 1 aromatic heterocycles. The SMILES string of the molecule is Cc1ccc(S(=O)(=O)/N=c2/scnn2CC(C)C)cc1. The van der Waals surface area contributed by atoms with Crippen molar-refractivity contribution in [1.82, 2.24) is 9.78 Å². The van der Waals surface area contributed by atoms with Crippen molar-refractivity contribution in [2.75, 3.05) is 0 Å². The molecule has 0 saturated heterocycles. The number of aryl methyl sites for hydroxylation is 1. The lowest BCUT2D eigenvalue weighted by molar-refractivity contribution is 0.470. The minimum absolute atomic E-state index is 0.201. The molecule has 0 aliphatic carbocycles. The highest BCUT2D eigenvalue weighted by Gasteiger charge is 2.13. The Balaban J connectivity index is 2.43. The molecule has 2 rings (SSSR count). The van der Waals surface area contributed by atoms with Gasteiger partial charge in [-0.25, -0.2) is 4.68 Å². The summed E-state index contributed by atoms with van der Waals surface area (Å²) in [5, 5.41) is 4.13. The Morgan fingerprint density at radius 3 is 2.55 bits per heavy atom. The maximum absolute atomic E-state index is 12.2. The summed E-state index contributed by atoms with van der Waals surface area (Å²) >= 11 is 1.22. The van der Waals surface area contributed by atoms with Crippen LogP contribution in [0, 0.1) is 12.8 Å². The summed E-state index contributed by atoms with van der Waals surface area (Å²) in [5.41, 5.74) is 2.61. The maximum atomic E-state index is 12.2. The van der Waals surface area contributed by atoms with Crippen molar-refractivity contribution < 1.29 is 8.42 Å². The third-order valence-electron chi connectivity index (χ3n) is 2.62. The molecule has 1 aromatic carbocycles. The van der Waals surface area contributed by atoms with Crippen molar-refractivity contribution in [1.29, 1.82) is 0 Å². The molecule has 2 aromatic rings. The Morgan fingerprint density at radius 2 is 1.95 bits per heavy atom. The van der Waals surface area contributed by atoms with Crippen molar-refractivity contribution in [3.8, 4) is 0 Å². The van der Waals surface area contributed by atoms with E-state index in [1.54, 1.807) is 34.5 Å². The standard InChI is InChI=1S/C13H17N3O2S2/c1-10(2)8-16-13(19-9-14-16)15-20(17,18)12-6-4-11(3)5-7-12/h4-7,9-10H,8H2,1-3H3/b15-13+. The fraction of sp³-hybridized carbons (Fsp3) is 0.385. The average Bonchev–Trinajstić information content (AvgIpc) is 2.75. The number of nitrogens with zero attached hydrogens (tertiary/aromatic N) is 3. The number of hydrogen-bond acceptors (Lipinski definition) is 4. The average molecular weight is 311 g/mol. The number of hydrogen-bond donors (Lipinski definition) is 0. The van der Waals surface area contributed by atoms with Crippen LogP contribution in [0.4, 0.5) is 0 Å². The molecule has 0 unspecified atom stereocenters. The van der Waals surface area contributed by atoms with Gasteiger partial charge in [0.25, 0.3) is 10.0 Å². The molecular formula is C13H17N3O2S2. The van der Waals surface area contributed by atoms with Crippen LogP contribution in [0.5, 0.6) is 0 Å². The number of sulfonamides is 1. The first-order valence-electron chi connectivity index (χ1n) is 6.27. The Hall–Kier alpha value is -1.47. The molecule has 0 saturated carbocycles. The van der Waals surface area contributed by atoms with Gasteiger partial charge >= 0.3 is 0 Å². The highest BCUT2D eigenvalue weighted by molar-refractivity contribution is 7.90. The molecule has 0 atom stereocenters. The minimum Gasteiger partial charge on any atom is -0.237 e. The Morgan fingerprint density at radius 1 is 1.30 bits per heavy atom. The normalized spacial score (nSPS) is 13.1. The van der Waals surface area contributed by atoms with Crippen LogP contribution >= 0.6 is 11.3 Å². The van der Waals surface area contributed by atoms with Gasteiger partial charge in [-0.15, -0.1) is 4.40 Å². The van der Waals surface area contributed by atoms with Crippen LogP contribution < -0.4 is 4.80 Å². The first-order valence-corrected chi connectivity index (χ1v) is 8.59. The zero-order valence-corrected chi connectivity index (χ0v) is 13.3. The molecular weight excluding hydrogens is 294 g/mol. The summed E-state index contributed by atoms with van der Waals surface area (Å²) < 4.78 is 30.0. The van der Waals surface area contributed by atoms with Crippen LogP contribution in [-0.2, 0) is 16.6 Å². The number of benzene rings is 1. The summed E-state index contributed by atoms with van der Waals surface area (Å²) in [7, 11) is -3.68. The second-order valence-corrected chi connectivity index (χ2v) is 7.39. The van der Waals surface area contributed by atoms with Gasteiger partial charge in [-0.2, -0.15) is 13.5 Å². The van der Waals surface area contributed by atoms with Gasteiger partial charge in [-0.1, -0.05) is 42.9 Å². The second kappa shape index (κ2) is 5.88. The molecule has 0 amide bonds. The van der Waals surface area contributed by atoms with E-state index in [1.807, 2.05) is 20.8 Å². The molecule has 0 aliphatic heterocycles. The third-order valence-corrected chi connectivity index (χ3v) is 4.73. The predicted octanol–water partition coefficient (Wildman–Crippen LogP) is 2.20. The lowest BCUT2D eigenvalue weighted by atomic mass is 10.2. The van der Waals surface area contributed by atoms with Crippen molar-refractivity contribution >= 4 is 21.4 Å². The largest absolute Gasteiger partial charge is 0.285 e. The molecule has 1 heterocycles. The molecule has 7 heteroatoms. The van der Waals surface area contributed by atoms with E-state index in [0.29, 0.717) is 17.3 Å². The lowest BCUT2D eigenvalue weighted by Gasteiger charge is -2.04. The van der Waals surface area contributed by atoms with Crippen LogP contribution in [0.1, 0.15) is 19.4 Å². The molecule has 0 spiro atoms. The van der Waals surface area contributed by atoms with Crippen LogP contribution in [0.2, 0.25) is 0 Å². The van der Waals surface area contributed by atoms with Gasteiger partial charge in [-0.05, 0) is 25.0 Å². The van der Waals surface area contributed by atoms with Gasteiger partial charge in [0.15, 0.2) is 0 Å². The van der Waals surface area contributed by atoms with E-state index < -0.39 is 10.0 Å². The second-order valence-electron chi connectivity index (χ2n) is 4.98. The Labute approximate surface area is 122 Å². The molecule has 0 N–H and O–H groups in total. The van der Waals surface area contributed by atoms with E-state index in [0.717, 1.165) is 5.56 Å². The van der Waals surface area contributed by atoms with Crippen molar-refractivity contribution in [2.45, 2.75) is 32.2 Å². The quantitative estimate of drug-likeness (QED) is 0.869. The monoisotopic (exact) mass is 311 g/mol. The maximum Gasteiger partial charge on any atom is 0.285 e. The zero-order valence-electron chi connectivity index (χ0n) is 11.6. The van der Waals surface area contributed by atoms with Gasteiger partial charge in [0.2, 0.25) is 4.80 Å². The van der Waals surface area contributed by atoms with E-state index in [2.05, 4.69) is 9.50 Å². The summed E-state index contributed by atoms with van der Waals surface area (Å²) in [4.78, 5) is 0.604. The fourth-order valence-corrected chi connectivity index (χ4v) is 3.49. The van der Waals surface area contributed by atoms with E-state index >= 15 is 0 Å². The fourth-order valence-electron chi connectivity index (χ4n) is 1.64. The zero-order chi connectivity index (χ0) is 14.8. The van der Waals surface area contributed by atoms with Crippen molar-refractivity contribution in [3.63, 3.8) is 0 Å². The summed E-state index contributed by atoms with van der Waals surface area (Å²) in [6, 6.07) is 6.67. The molecule has 0 bridgehead atoms. The topological polar surface area (TPSA) is 64.3 Å². The first-order chi connectivity index (χ1) is 9.38. The Kier molecular flexibility index (Phi) is 4.39. The van der Waals surface area contributed by atoms with Crippen molar-refractivity contribution in [2.24, 2.45) is 10.3 Å². The van der Waals surface area contributed by atoms with Gasteiger partial charge in [0.1, 0.15) is 5.51 Å². The van der Waals surface area contributed by atoms with Gasteiger partial charge < -0.3 is 0 Å². The summed E-state index contributed by atoms with van der Waals surface area (Å²) in [6.45, 7) is 6.65. The highest BCUT2D eigenvalue weighted by atomic mass is 32.2. The molecule has 0 fully saturated rings. The van der Waals surface area contributed by atoms with Crippen LogP contribution in [0.3, 0.4) is 0 Å². The number of aromatic nitrogens is 2.